The highest BCUT2D eigenvalue weighted by Gasteiger charge is 2.30. The SMILES string of the molecule is COc1c(Nc2cc(NC(=O)C3CC3)nc3c2nc(C)n3PI)cccc1-c1c(C)nnn1C. The molecule has 0 spiro atoms. The van der Waals surface area contributed by atoms with Gasteiger partial charge in [0, 0.05) is 24.6 Å². The monoisotopic (exact) mass is 590 g/mol. The Morgan fingerprint density at radius 3 is 2.68 bits per heavy atom. The Kier molecular flexibility index (Phi) is 6.15. The summed E-state index contributed by atoms with van der Waals surface area (Å²) in [5, 5.41) is 14.8. The van der Waals surface area contributed by atoms with Crippen LogP contribution in [0.3, 0.4) is 0 Å². The van der Waals surface area contributed by atoms with Gasteiger partial charge in [-0.3, -0.25) is 9.13 Å². The number of benzene rings is 1. The number of anilines is 3. The number of imidazole rings is 1. The molecule has 176 valence electrons. The zero-order chi connectivity index (χ0) is 24.0. The van der Waals surface area contributed by atoms with Gasteiger partial charge in [0.2, 0.25) is 5.91 Å². The van der Waals surface area contributed by atoms with E-state index in [0.29, 0.717) is 17.9 Å². The Morgan fingerprint density at radius 2 is 2.03 bits per heavy atom. The Balaban J connectivity index is 1.62. The van der Waals surface area contributed by atoms with E-state index in [9.17, 15) is 4.79 Å². The molecular formula is C22H24IN8O2P. The molecular weight excluding hydrogens is 566 g/mol. The van der Waals surface area contributed by atoms with Crippen LogP contribution in [0, 0.1) is 19.8 Å². The number of nitrogens with one attached hydrogen (secondary N) is 2. The van der Waals surface area contributed by atoms with Gasteiger partial charge in [-0.15, -0.1) is 5.10 Å². The number of hydrogen-bond donors (Lipinski definition) is 2. The highest BCUT2D eigenvalue weighted by molar-refractivity contribution is 14.2. The summed E-state index contributed by atoms with van der Waals surface area (Å²) in [6.07, 6.45) is 2.29. The van der Waals surface area contributed by atoms with E-state index >= 15 is 0 Å². The van der Waals surface area contributed by atoms with Crippen LogP contribution < -0.4 is 15.4 Å². The lowest BCUT2D eigenvalue weighted by Crippen LogP contribution is -2.14. The third kappa shape index (κ3) is 4.11. The Labute approximate surface area is 211 Å². The summed E-state index contributed by atoms with van der Waals surface area (Å²) >= 11 is 2.31. The van der Waals surface area contributed by atoms with Gasteiger partial charge >= 0.3 is 0 Å². The first-order valence-corrected chi connectivity index (χ1v) is 14.9. The second-order valence-corrected chi connectivity index (χ2v) is 10.3. The first-order chi connectivity index (χ1) is 16.4. The summed E-state index contributed by atoms with van der Waals surface area (Å²) in [6.45, 7) is 3.88. The van der Waals surface area contributed by atoms with Crippen LogP contribution in [0.15, 0.2) is 24.3 Å². The first-order valence-electron chi connectivity index (χ1n) is 10.8. The molecule has 1 atom stereocenters. The number of aryl methyl sites for hydroxylation is 3. The van der Waals surface area contributed by atoms with Crippen molar-refractivity contribution in [1.82, 2.24) is 29.3 Å². The first kappa shape index (κ1) is 23.0. The zero-order valence-corrected chi connectivity index (χ0v) is 22.3. The minimum absolute atomic E-state index is 0.0104. The molecule has 0 radical (unpaired) electrons. The smallest absolute Gasteiger partial charge is 0.228 e. The van der Waals surface area contributed by atoms with E-state index in [4.69, 9.17) is 14.7 Å². The number of amides is 1. The van der Waals surface area contributed by atoms with Gasteiger partial charge in [-0.2, -0.15) is 0 Å². The van der Waals surface area contributed by atoms with Crippen LogP contribution >= 0.6 is 28.4 Å². The average molecular weight is 590 g/mol. The summed E-state index contributed by atoms with van der Waals surface area (Å²) in [6, 6.07) is 7.71. The molecule has 5 rings (SSSR count). The lowest BCUT2D eigenvalue weighted by atomic mass is 10.1. The molecule has 10 nitrogen and oxygen atoms in total. The van der Waals surface area contributed by atoms with Gasteiger partial charge in [0.1, 0.15) is 17.2 Å². The molecule has 34 heavy (non-hydrogen) atoms. The van der Waals surface area contributed by atoms with Crippen LogP contribution in [0.2, 0.25) is 0 Å². The maximum absolute atomic E-state index is 12.5. The van der Waals surface area contributed by atoms with Crippen LogP contribution in [0.25, 0.3) is 22.4 Å². The van der Waals surface area contributed by atoms with Crippen molar-refractivity contribution in [3.63, 3.8) is 0 Å². The highest BCUT2D eigenvalue weighted by Crippen LogP contribution is 2.41. The van der Waals surface area contributed by atoms with Crippen LogP contribution in [-0.4, -0.2) is 42.3 Å². The summed E-state index contributed by atoms with van der Waals surface area (Å²) in [5.74, 6) is 2.12. The molecule has 1 amide bonds. The van der Waals surface area contributed by atoms with Crippen molar-refractivity contribution < 1.29 is 9.53 Å². The second kappa shape index (κ2) is 9.10. The van der Waals surface area contributed by atoms with E-state index in [1.165, 1.54) is 0 Å². The third-order valence-corrected chi connectivity index (χ3v) is 7.96. The van der Waals surface area contributed by atoms with Gasteiger partial charge in [-0.25, -0.2) is 14.6 Å². The lowest BCUT2D eigenvalue weighted by Gasteiger charge is -2.16. The molecule has 3 heterocycles. The number of fused-ring (bicyclic) bond motifs is 1. The van der Waals surface area contributed by atoms with E-state index in [1.54, 1.807) is 11.8 Å². The molecule has 1 aliphatic carbocycles. The summed E-state index contributed by atoms with van der Waals surface area (Å²) in [5.41, 5.74) is 5.52. The van der Waals surface area contributed by atoms with Gasteiger partial charge in [0.25, 0.3) is 0 Å². The van der Waals surface area contributed by atoms with Crippen molar-refractivity contribution in [3.05, 3.63) is 35.8 Å². The summed E-state index contributed by atoms with van der Waals surface area (Å²) in [4.78, 5) is 21.9. The zero-order valence-electron chi connectivity index (χ0n) is 19.2. The van der Waals surface area contributed by atoms with E-state index < -0.39 is 0 Å². The predicted molar refractivity (Wildman–Crippen MR) is 142 cm³/mol. The van der Waals surface area contributed by atoms with Crippen LogP contribution in [-0.2, 0) is 11.8 Å². The molecule has 3 aromatic heterocycles. The number of carbonyl (C=O) groups excluding carboxylic acids is 1. The molecule has 4 aromatic rings. The maximum atomic E-state index is 12.5. The fourth-order valence-electron chi connectivity index (χ4n) is 4.01. The lowest BCUT2D eigenvalue weighted by molar-refractivity contribution is -0.117. The summed E-state index contributed by atoms with van der Waals surface area (Å²) < 4.78 is 9.62. The number of hydrogen-bond acceptors (Lipinski definition) is 7. The molecule has 12 heteroatoms. The normalized spacial score (nSPS) is 13.7. The number of halogens is 1. The highest BCUT2D eigenvalue weighted by atomic mass is 127. The van der Waals surface area contributed by atoms with Gasteiger partial charge in [0.15, 0.2) is 11.4 Å². The minimum atomic E-state index is 0.0104. The molecule has 1 aromatic carbocycles. The predicted octanol–water partition coefficient (Wildman–Crippen LogP) is 4.74. The topological polar surface area (TPSA) is 112 Å². The molecule has 1 fully saturated rings. The number of methoxy groups -OCH3 is 1. The van der Waals surface area contributed by atoms with Crippen LogP contribution in [0.5, 0.6) is 5.75 Å². The minimum Gasteiger partial charge on any atom is -0.494 e. The van der Waals surface area contributed by atoms with Crippen molar-refractivity contribution in [2.75, 3.05) is 17.7 Å². The molecule has 2 N–H and O–H groups in total. The number of pyridine rings is 1. The van der Waals surface area contributed by atoms with Crippen molar-refractivity contribution in [2.45, 2.75) is 26.7 Å². The Hall–Kier alpha value is -2.79. The van der Waals surface area contributed by atoms with E-state index in [0.717, 1.165) is 58.2 Å². The Morgan fingerprint density at radius 1 is 1.24 bits per heavy atom. The number of aromatic nitrogens is 6. The van der Waals surface area contributed by atoms with Crippen molar-refractivity contribution >= 4 is 62.7 Å². The molecule has 1 unspecified atom stereocenters. The van der Waals surface area contributed by atoms with Gasteiger partial charge < -0.3 is 15.4 Å². The number of para-hydroxylation sites is 1. The van der Waals surface area contributed by atoms with Gasteiger partial charge in [-0.1, -0.05) is 11.3 Å². The molecule has 0 saturated heterocycles. The van der Waals surface area contributed by atoms with Crippen molar-refractivity contribution in [3.8, 4) is 17.0 Å². The fraction of sp³-hybridized carbons (Fsp3) is 0.318. The van der Waals surface area contributed by atoms with E-state index in [1.807, 2.05) is 49.5 Å². The number of ether oxygens (including phenoxy) is 1. The molecule has 1 saturated carbocycles. The molecule has 0 bridgehead atoms. The Bertz CT molecular complexity index is 1390. The largest absolute Gasteiger partial charge is 0.494 e. The van der Waals surface area contributed by atoms with E-state index in [-0.39, 0.29) is 11.8 Å². The van der Waals surface area contributed by atoms with Crippen LogP contribution in [0.4, 0.5) is 17.2 Å². The average Bonchev–Trinajstić information content (AvgIpc) is 3.54. The molecule has 1 aliphatic rings. The van der Waals surface area contributed by atoms with Gasteiger partial charge in [-0.05, 0) is 60.9 Å². The van der Waals surface area contributed by atoms with Gasteiger partial charge in [0.05, 0.1) is 36.2 Å². The van der Waals surface area contributed by atoms with Crippen LogP contribution in [0.1, 0.15) is 24.4 Å². The van der Waals surface area contributed by atoms with E-state index in [2.05, 4.69) is 43.0 Å². The summed E-state index contributed by atoms with van der Waals surface area (Å²) in [7, 11) is 3.50. The standard InChI is InChI=1S/C22H24IN8O2P/c1-11-19(30(3)29-28-11)14-6-5-7-15(20(14)33-4)25-16-10-17(27-22(32)13-8-9-13)26-21-18(16)24-12(2)31(21)34-23/h5-7,10,13,34H,8-9H2,1-4H3,(H2,25,26,27,32). The number of nitrogens with zero attached hydrogens (tertiary/aromatic N) is 6. The second-order valence-electron chi connectivity index (χ2n) is 8.23. The van der Waals surface area contributed by atoms with Crippen molar-refractivity contribution in [1.29, 1.82) is 0 Å². The number of rotatable bonds is 7. The quantitative estimate of drug-likeness (QED) is 0.236. The number of carbonyl (C=O) groups is 1. The van der Waals surface area contributed by atoms with Crippen molar-refractivity contribution in [2.24, 2.45) is 13.0 Å². The maximum Gasteiger partial charge on any atom is 0.228 e. The fourth-order valence-corrected chi connectivity index (χ4v) is 6.15. The molecule has 0 aliphatic heterocycles. The third-order valence-electron chi connectivity index (χ3n) is 5.81.